The normalized spacial score (nSPS) is 58.2. The van der Waals surface area contributed by atoms with Gasteiger partial charge in [0.1, 0.15) is 91.6 Å². The number of fused-ring (bicyclic) bond motifs is 7. The Hall–Kier alpha value is -0.920. The maximum atomic E-state index is 12.0. The summed E-state index contributed by atoms with van der Waals surface area (Å²) < 4.78 is 61.1. The van der Waals surface area contributed by atoms with E-state index in [1.165, 1.54) is 0 Å². The summed E-state index contributed by atoms with van der Waals surface area (Å²) >= 11 is 0. The Kier molecular flexibility index (Phi) is 16.1. The largest absolute Gasteiger partial charge is 0.394 e. The van der Waals surface area contributed by atoms with Gasteiger partial charge in [0.15, 0.2) is 30.9 Å². The van der Waals surface area contributed by atoms with Crippen molar-refractivity contribution in [2.45, 2.75) is 226 Å². The molecular formula is C50H82O23. The number of hydrogen-bond acceptors (Lipinski definition) is 23. The molecule has 23 nitrogen and oxygen atoms in total. The van der Waals surface area contributed by atoms with Crippen LogP contribution in [0.1, 0.15) is 85.5 Å². The van der Waals surface area contributed by atoms with Crippen LogP contribution in [0.4, 0.5) is 0 Å². The van der Waals surface area contributed by atoms with Crippen molar-refractivity contribution in [2.24, 2.45) is 52.3 Å². The molecule has 10 fully saturated rings. The monoisotopic (exact) mass is 1050 g/mol. The lowest BCUT2D eigenvalue weighted by molar-refractivity contribution is -0.404. The van der Waals surface area contributed by atoms with Gasteiger partial charge in [0, 0.05) is 12.3 Å². The summed E-state index contributed by atoms with van der Waals surface area (Å²) in [5.41, 5.74) is -0.0565. The Balaban J connectivity index is 0.824. The van der Waals surface area contributed by atoms with E-state index in [1.54, 1.807) is 0 Å². The van der Waals surface area contributed by atoms with Crippen molar-refractivity contribution >= 4 is 0 Å². The smallest absolute Gasteiger partial charge is 0.187 e. The van der Waals surface area contributed by atoms with Gasteiger partial charge in [-0.15, -0.1) is 0 Å². The molecule has 4 aliphatic carbocycles. The van der Waals surface area contributed by atoms with E-state index >= 15 is 0 Å². The van der Waals surface area contributed by atoms with Gasteiger partial charge >= 0.3 is 0 Å². The summed E-state index contributed by atoms with van der Waals surface area (Å²) in [6.07, 6.45) is -27.2. The number of ether oxygens (including phenoxy) is 10. The Morgan fingerprint density at radius 2 is 1.15 bits per heavy atom. The van der Waals surface area contributed by atoms with Crippen LogP contribution in [0.2, 0.25) is 0 Å². The fourth-order valence-electron chi connectivity index (χ4n) is 15.9. The maximum absolute atomic E-state index is 12.0. The van der Waals surface area contributed by atoms with Crippen LogP contribution < -0.4 is 0 Å². The lowest BCUT2D eigenvalue weighted by Gasteiger charge is -2.62. The van der Waals surface area contributed by atoms with Gasteiger partial charge in [0.05, 0.1) is 51.3 Å². The van der Waals surface area contributed by atoms with Gasteiger partial charge in [0.25, 0.3) is 0 Å². The molecule has 10 rings (SSSR count). The number of rotatable bonds is 11. The first-order valence-corrected chi connectivity index (χ1v) is 26.8. The third-order valence-corrected chi connectivity index (χ3v) is 20.0. The molecule has 4 saturated carbocycles. The van der Waals surface area contributed by atoms with Crippen molar-refractivity contribution in [3.8, 4) is 0 Å². The lowest BCUT2D eigenvalue weighted by atomic mass is 9.44. The molecule has 0 aromatic rings. The Labute approximate surface area is 424 Å². The van der Waals surface area contributed by atoms with Crippen LogP contribution in [0.15, 0.2) is 0 Å². The highest BCUT2D eigenvalue weighted by Crippen LogP contribution is 2.71. The molecule has 6 aliphatic heterocycles. The molecule has 10 aliphatic rings. The minimum absolute atomic E-state index is 0.130. The molecule has 420 valence electrons. The topological polar surface area (TPSA) is 355 Å². The molecular weight excluding hydrogens is 969 g/mol. The zero-order valence-electron chi connectivity index (χ0n) is 42.0. The second-order valence-electron chi connectivity index (χ2n) is 24.0. The lowest BCUT2D eigenvalue weighted by Crippen LogP contribution is -2.68. The highest BCUT2D eigenvalue weighted by molar-refractivity contribution is 5.16. The van der Waals surface area contributed by atoms with Gasteiger partial charge in [-0.3, -0.25) is 0 Å². The average Bonchev–Trinajstić information content (AvgIpc) is 3.82. The van der Waals surface area contributed by atoms with E-state index in [1.807, 2.05) is 0 Å². The first-order valence-electron chi connectivity index (χ1n) is 26.8. The van der Waals surface area contributed by atoms with E-state index < -0.39 is 161 Å². The molecule has 0 aromatic heterocycles. The third-order valence-electron chi connectivity index (χ3n) is 20.0. The van der Waals surface area contributed by atoms with Crippen LogP contribution in [0, 0.1) is 52.3 Å². The van der Waals surface area contributed by atoms with Gasteiger partial charge in [-0.2, -0.15) is 0 Å². The van der Waals surface area contributed by atoms with Gasteiger partial charge in [-0.05, 0) is 97.7 Å². The minimum atomic E-state index is -2.02. The van der Waals surface area contributed by atoms with E-state index in [0.29, 0.717) is 48.3 Å². The van der Waals surface area contributed by atoms with Crippen LogP contribution in [-0.4, -0.2) is 240 Å². The summed E-state index contributed by atoms with van der Waals surface area (Å²) in [5, 5.41) is 141. The molecule has 32 atom stereocenters. The molecule has 13 N–H and O–H groups in total. The van der Waals surface area contributed by atoms with Gasteiger partial charge in [-0.25, -0.2) is 0 Å². The SMILES string of the molecule is CC1CC[C@@]2(OC1)OC1CC3C4CC[C@H]5C[C@@H](O[C@@H]6O[C@H](CO)[C@H](O[C@@H]7O[C@H](CO)[C@@H](O)[C@H](O[C@@H]8OC[C@@H](O)[C@H](O)[C@H]8O)[C@H]7O[C@@H]7O[C@H](CO)[C@@H](O)[C@H](O)[C@H]7O)[C@H](O)[C@H]6O)[C@H](O)C[C@]5(C)C4CC[C@]3(C)C1[C@@H]2C. The average molecular weight is 1050 g/mol. The number of aliphatic hydroxyl groups excluding tert-OH is 13. The zero-order valence-corrected chi connectivity index (χ0v) is 42.0. The minimum Gasteiger partial charge on any atom is -0.394 e. The molecule has 0 radical (unpaired) electrons. The summed E-state index contributed by atoms with van der Waals surface area (Å²) in [6, 6.07) is 0. The molecule has 1 spiro atoms. The zero-order chi connectivity index (χ0) is 52.2. The van der Waals surface area contributed by atoms with Crippen LogP contribution >= 0.6 is 0 Å². The van der Waals surface area contributed by atoms with Crippen LogP contribution in [-0.2, 0) is 47.4 Å². The predicted molar refractivity (Wildman–Crippen MR) is 244 cm³/mol. The Morgan fingerprint density at radius 1 is 0.521 bits per heavy atom. The van der Waals surface area contributed by atoms with Crippen molar-refractivity contribution in [1.82, 2.24) is 0 Å². The van der Waals surface area contributed by atoms with Crippen molar-refractivity contribution in [1.29, 1.82) is 0 Å². The van der Waals surface area contributed by atoms with Gasteiger partial charge < -0.3 is 114 Å². The summed E-state index contributed by atoms with van der Waals surface area (Å²) in [4.78, 5) is 0. The van der Waals surface area contributed by atoms with Crippen LogP contribution in [0.3, 0.4) is 0 Å². The van der Waals surface area contributed by atoms with Crippen molar-refractivity contribution in [2.75, 3.05) is 33.0 Å². The van der Waals surface area contributed by atoms with Gasteiger partial charge in [0.2, 0.25) is 0 Å². The molecule has 6 unspecified atom stereocenters. The predicted octanol–water partition coefficient (Wildman–Crippen LogP) is -3.30. The highest BCUT2D eigenvalue weighted by atomic mass is 16.8. The fraction of sp³-hybridized carbons (Fsp3) is 1.00. The standard InChI is InChI=1S/C50H82O23/c1-19-7-10-50(65-17-19)20(2)32-28(73-50)12-24-22-6-5-21-11-27(25(54)13-49(21,4)23(22)8-9-48(24,32)3)66-45-40(63)37(60)41(31(16-53)69-45)70-47-43(72-46-39(62)36(59)34(57)29(14-51)67-46)42(35(58)30(15-52)68-47)71-44-38(61)33(56)26(55)18-64-44/h19-47,51-63H,5-18H2,1-4H3/t19?,20-,21-,22?,23?,24?,25+,26+,27+,28?,29+,30+,31+,32?,33-,34+,35+,36-,37+,38+,39+,40+,41-,42-,43+,44-,45+,46-,47-,48-,49-,50+/m0/s1. The Morgan fingerprint density at radius 3 is 1.85 bits per heavy atom. The van der Waals surface area contributed by atoms with Crippen LogP contribution in [0.5, 0.6) is 0 Å². The first kappa shape index (κ1) is 55.4. The summed E-state index contributed by atoms with van der Waals surface area (Å²) in [5.74, 6) is 2.34. The van der Waals surface area contributed by atoms with Gasteiger partial charge in [-0.1, -0.05) is 27.7 Å². The second kappa shape index (κ2) is 21.3. The Bertz CT molecular complexity index is 1860. The quantitative estimate of drug-likeness (QED) is 0.0902. The molecule has 0 amide bonds. The van der Waals surface area contributed by atoms with E-state index in [4.69, 9.17) is 47.4 Å². The van der Waals surface area contributed by atoms with E-state index in [2.05, 4.69) is 27.7 Å². The summed E-state index contributed by atoms with van der Waals surface area (Å²) in [7, 11) is 0. The second-order valence-corrected chi connectivity index (χ2v) is 24.0. The van der Waals surface area contributed by atoms with Crippen LogP contribution in [0.25, 0.3) is 0 Å². The first-order chi connectivity index (χ1) is 34.7. The third kappa shape index (κ3) is 9.49. The molecule has 6 saturated heterocycles. The van der Waals surface area contributed by atoms with E-state index in [0.717, 1.165) is 51.6 Å². The van der Waals surface area contributed by atoms with Crippen molar-refractivity contribution in [3.05, 3.63) is 0 Å². The molecule has 73 heavy (non-hydrogen) atoms. The molecule has 0 aromatic carbocycles. The van der Waals surface area contributed by atoms with E-state index in [9.17, 15) is 66.4 Å². The van der Waals surface area contributed by atoms with Crippen molar-refractivity contribution in [3.63, 3.8) is 0 Å². The molecule has 6 heterocycles. The molecule has 0 bridgehead atoms. The maximum Gasteiger partial charge on any atom is 0.187 e. The van der Waals surface area contributed by atoms with E-state index in [-0.39, 0.29) is 22.9 Å². The number of aliphatic hydroxyl groups is 13. The summed E-state index contributed by atoms with van der Waals surface area (Å²) in [6.45, 7) is 7.02. The number of hydrogen-bond donors (Lipinski definition) is 13. The highest BCUT2D eigenvalue weighted by Gasteiger charge is 2.70. The van der Waals surface area contributed by atoms with Crippen molar-refractivity contribution < 1.29 is 114 Å². The fourth-order valence-corrected chi connectivity index (χ4v) is 15.9. The molecule has 23 heteroatoms.